The predicted molar refractivity (Wildman–Crippen MR) is 425 cm³/mol. The van der Waals surface area contributed by atoms with Gasteiger partial charge in [0, 0.05) is 114 Å². The molecule has 568 valence electrons. The zero-order chi connectivity index (χ0) is 78.2. The van der Waals surface area contributed by atoms with Gasteiger partial charge in [0.05, 0.1) is 107 Å². The van der Waals surface area contributed by atoms with Crippen LogP contribution in [-0.4, -0.2) is 120 Å². The molecule has 12 aromatic rings. The van der Waals surface area contributed by atoms with Crippen molar-refractivity contribution in [3.63, 3.8) is 0 Å². The van der Waals surface area contributed by atoms with Gasteiger partial charge in [-0.2, -0.15) is 15.0 Å². The molecule has 0 saturated heterocycles. The molecule has 0 aliphatic carbocycles. The van der Waals surface area contributed by atoms with Crippen LogP contribution in [0.4, 0.5) is 69.8 Å². The van der Waals surface area contributed by atoms with Crippen LogP contribution in [0.15, 0.2) is 97.1 Å². The second-order valence-electron chi connectivity index (χ2n) is 24.0. The standard InChI is InChI=1S/4C19H23N5O3/c4*1-10-11(5-6-13-16(10)18(20)24-19(21)23-13)9-22-12-7-14(25-2)17(27-4)15(8-12)26-3/h4*5-8,22H,9H2,1-4H3,(H4,20,21,23,24)/p+1. The molecule has 8 aromatic carbocycles. The minimum absolute atomic E-state index is 0.169. The minimum Gasteiger partial charge on any atom is -0.493 e. The molecule has 21 N–H and O–H groups in total. The van der Waals surface area contributed by atoms with Crippen molar-refractivity contribution < 1.29 is 61.8 Å². The first kappa shape index (κ1) is 78.5. The van der Waals surface area contributed by atoms with Crippen LogP contribution < -0.4 is 129 Å². The lowest BCUT2D eigenvalue weighted by molar-refractivity contribution is -0.344. The van der Waals surface area contributed by atoms with Gasteiger partial charge in [0.2, 0.25) is 46.7 Å². The van der Waals surface area contributed by atoms with E-state index in [-0.39, 0.29) is 17.8 Å². The van der Waals surface area contributed by atoms with Crippen molar-refractivity contribution in [3.05, 3.63) is 142 Å². The number of hydrogen-bond donors (Lipinski definition) is 12. The van der Waals surface area contributed by atoms with Gasteiger partial charge in [-0.1, -0.05) is 24.3 Å². The zero-order valence-corrected chi connectivity index (χ0v) is 63.2. The summed E-state index contributed by atoms with van der Waals surface area (Å²) in [6.45, 7) is 10.3. The Morgan fingerprint density at radius 2 is 0.491 bits per heavy atom. The van der Waals surface area contributed by atoms with E-state index in [9.17, 15) is 0 Å². The average Bonchev–Trinajstić information content (AvgIpc) is 0.795. The summed E-state index contributed by atoms with van der Waals surface area (Å²) in [5.41, 5.74) is 61.6. The Morgan fingerprint density at radius 1 is 0.278 bits per heavy atom. The topological polar surface area (TPSA) is 471 Å². The molecule has 0 aliphatic rings. The molecule has 0 aliphatic heterocycles. The highest BCUT2D eigenvalue weighted by Gasteiger charge is 2.21. The van der Waals surface area contributed by atoms with E-state index in [0.29, 0.717) is 124 Å². The summed E-state index contributed by atoms with van der Waals surface area (Å²) < 4.78 is 64.5. The molecular weight excluding hydrogens is 1380 g/mol. The summed E-state index contributed by atoms with van der Waals surface area (Å²) in [6.07, 6.45) is 0. The average molecular weight is 1480 g/mol. The van der Waals surface area contributed by atoms with Crippen LogP contribution in [0, 0.1) is 27.7 Å². The van der Waals surface area contributed by atoms with Gasteiger partial charge in [-0.3, -0.25) is 0 Å². The summed E-state index contributed by atoms with van der Waals surface area (Å²) >= 11 is 0. The van der Waals surface area contributed by atoms with Crippen LogP contribution in [0.3, 0.4) is 0 Å². The van der Waals surface area contributed by atoms with Gasteiger partial charge in [-0.05, 0) is 96.5 Å². The van der Waals surface area contributed by atoms with Crippen LogP contribution in [0.25, 0.3) is 43.6 Å². The lowest BCUT2D eigenvalue weighted by Gasteiger charge is -2.16. The molecule has 0 bridgehead atoms. The fourth-order valence-corrected chi connectivity index (χ4v) is 12.3. The van der Waals surface area contributed by atoms with Crippen molar-refractivity contribution in [2.24, 2.45) is 0 Å². The number of anilines is 12. The van der Waals surface area contributed by atoms with Crippen molar-refractivity contribution in [2.45, 2.75) is 53.9 Å². The largest absolute Gasteiger partial charge is 0.493 e. The summed E-state index contributed by atoms with van der Waals surface area (Å²) in [7, 11) is 19.0. The molecule has 0 atom stereocenters. The molecule has 4 heterocycles. The first-order chi connectivity index (χ1) is 51.9. The maximum Gasteiger partial charge on any atom is 0.342 e. The van der Waals surface area contributed by atoms with E-state index in [1.165, 1.54) is 0 Å². The van der Waals surface area contributed by atoms with Crippen molar-refractivity contribution in [1.82, 2.24) is 34.9 Å². The number of methoxy groups -OCH3 is 12. The maximum absolute atomic E-state index is 6.10. The van der Waals surface area contributed by atoms with E-state index in [4.69, 9.17) is 103 Å². The van der Waals surface area contributed by atoms with Gasteiger partial charge in [0.15, 0.2) is 46.0 Å². The Balaban J connectivity index is 0.000000166. The highest BCUT2D eigenvalue weighted by Crippen LogP contribution is 2.44. The summed E-state index contributed by atoms with van der Waals surface area (Å²) in [5, 5.41) is 16.8. The van der Waals surface area contributed by atoms with Gasteiger partial charge < -0.3 is 124 Å². The summed E-state index contributed by atoms with van der Waals surface area (Å²) in [4.78, 5) is 32.1. The molecule has 32 nitrogen and oxygen atoms in total. The van der Waals surface area contributed by atoms with E-state index in [1.54, 1.807) is 85.3 Å². The predicted octanol–water partition coefficient (Wildman–Crippen LogP) is 10.4. The minimum atomic E-state index is 0.169. The number of aromatic nitrogens is 8. The molecule has 0 amide bonds. The highest BCUT2D eigenvalue weighted by molar-refractivity contribution is 5.95. The Hall–Kier alpha value is -13.7. The number of H-pyrrole nitrogens is 1. The number of nitrogens with zero attached hydrogens (tertiary/aromatic N) is 7. The molecule has 0 spiro atoms. The second-order valence-corrected chi connectivity index (χ2v) is 24.0. The van der Waals surface area contributed by atoms with Crippen LogP contribution >= 0.6 is 0 Å². The van der Waals surface area contributed by atoms with E-state index < -0.39 is 0 Å². The van der Waals surface area contributed by atoms with Crippen molar-refractivity contribution in [3.8, 4) is 69.0 Å². The van der Waals surface area contributed by atoms with Crippen LogP contribution in [0.1, 0.15) is 44.5 Å². The lowest BCUT2D eigenvalue weighted by Crippen LogP contribution is -2.18. The van der Waals surface area contributed by atoms with Crippen molar-refractivity contribution >= 4 is 113 Å². The van der Waals surface area contributed by atoms with Crippen LogP contribution in [-0.2, 0) is 26.2 Å². The third kappa shape index (κ3) is 17.4. The normalized spacial score (nSPS) is 10.7. The molecule has 12 rings (SSSR count). The molecule has 108 heavy (non-hydrogen) atoms. The molecule has 32 heteroatoms. The first-order valence-corrected chi connectivity index (χ1v) is 33.4. The fourth-order valence-electron chi connectivity index (χ4n) is 12.3. The van der Waals surface area contributed by atoms with Gasteiger partial charge >= 0.3 is 5.95 Å². The van der Waals surface area contributed by atoms with Gasteiger partial charge in [-0.25, -0.2) is 19.9 Å². The number of fused-ring (bicyclic) bond motifs is 4. The zero-order valence-electron chi connectivity index (χ0n) is 63.2. The third-order valence-electron chi connectivity index (χ3n) is 17.8. The molecular formula is C76H93N20O12+. The van der Waals surface area contributed by atoms with E-state index in [0.717, 1.165) is 111 Å². The number of nitrogens with two attached hydrogens (primary N) is 8. The fraction of sp³-hybridized carbons (Fsp3) is 0.263. The molecule has 0 unspecified atom stereocenters. The number of nitrogens with one attached hydrogen (secondary N) is 5. The Bertz CT molecular complexity index is 4510. The number of aromatic amines is 1. The molecule has 4 aromatic heterocycles. The number of nitrogen functional groups attached to an aromatic ring is 8. The quantitative estimate of drug-likeness (QED) is 0.0267. The highest BCUT2D eigenvalue weighted by atomic mass is 16.6. The van der Waals surface area contributed by atoms with Gasteiger partial charge in [0.1, 0.15) is 23.0 Å². The third-order valence-corrected chi connectivity index (χ3v) is 17.8. The van der Waals surface area contributed by atoms with Gasteiger partial charge in [-0.15, -0.1) is 4.98 Å². The van der Waals surface area contributed by atoms with Crippen molar-refractivity contribution in [1.29, 1.82) is 0 Å². The van der Waals surface area contributed by atoms with Gasteiger partial charge in [0.25, 0.3) is 0 Å². The number of rotatable bonds is 24. The smallest absolute Gasteiger partial charge is 0.342 e. The van der Waals surface area contributed by atoms with E-state index in [2.05, 4.69) is 61.1 Å². The number of hydrogen-bond acceptors (Lipinski definition) is 31. The molecule has 0 fully saturated rings. The number of ether oxygens (including phenoxy) is 12. The molecule has 0 saturated carbocycles. The lowest BCUT2D eigenvalue weighted by atomic mass is 10.0. The first-order valence-electron chi connectivity index (χ1n) is 33.4. The Labute approximate surface area is 624 Å². The second kappa shape index (κ2) is 35.2. The van der Waals surface area contributed by atoms with Crippen LogP contribution in [0.5, 0.6) is 69.0 Å². The van der Waals surface area contributed by atoms with Crippen molar-refractivity contribution in [2.75, 3.05) is 152 Å². The number of aryl methyl sites for hydroxylation is 4. The summed E-state index contributed by atoms with van der Waals surface area (Å²) in [6, 6.07) is 30.4. The Morgan fingerprint density at radius 3 is 0.704 bits per heavy atom. The monoisotopic (exact) mass is 1480 g/mol. The van der Waals surface area contributed by atoms with E-state index >= 15 is 0 Å². The molecule has 0 radical (unpaired) electrons. The SMILES string of the molecule is COc1cc(NCc2ccc3nc(N)[nH+]c(N)c3c2C)cc(OC)c1OC.COc1cc(NCc2ccc3nc(N)nc(N)c3c2C)cc(OC)c1OC.COc1cc(NCc2ccc3nc(N)nc(N)c3c2C)cc(OC)c1OC.COc1cc(NCc2ccc3nc(N)nc(N)c3c2C)cc(OC)c1OC. The Kier molecular flexibility index (Phi) is 25.6. The maximum atomic E-state index is 6.10. The van der Waals surface area contributed by atoms with Crippen LogP contribution in [0.2, 0.25) is 0 Å². The number of benzene rings is 8. The van der Waals surface area contributed by atoms with E-state index in [1.807, 2.05) is 125 Å². The summed E-state index contributed by atoms with van der Waals surface area (Å²) in [5.74, 6) is 9.35.